The highest BCUT2D eigenvalue weighted by Gasteiger charge is 2.39. The summed E-state index contributed by atoms with van der Waals surface area (Å²) in [5.41, 5.74) is 1.10. The molecule has 0 radical (unpaired) electrons. The zero-order valence-electron chi connectivity index (χ0n) is 11.6. The highest BCUT2D eigenvalue weighted by molar-refractivity contribution is 6.05. The highest BCUT2D eigenvalue weighted by Crippen LogP contribution is 2.16. The van der Waals surface area contributed by atoms with Crippen LogP contribution in [-0.2, 0) is 23.1 Å². The van der Waals surface area contributed by atoms with E-state index in [0.717, 1.165) is 12.1 Å². The van der Waals surface area contributed by atoms with Crippen LogP contribution in [0.5, 0.6) is 0 Å². The summed E-state index contributed by atoms with van der Waals surface area (Å²) < 4.78 is 1.81. The Hall–Kier alpha value is -1.69. The van der Waals surface area contributed by atoms with Gasteiger partial charge in [0.25, 0.3) is 0 Å². The summed E-state index contributed by atoms with van der Waals surface area (Å²) in [5.74, 6) is -0.192. The molecule has 1 saturated heterocycles. The van der Waals surface area contributed by atoms with E-state index in [1.807, 2.05) is 31.6 Å². The molecule has 2 amide bonds. The number of aryl methyl sites for hydroxylation is 1. The quantitative estimate of drug-likeness (QED) is 0.765. The minimum Gasteiger partial charge on any atom is -0.305 e. The molecule has 104 valence electrons. The third-order valence-electron chi connectivity index (χ3n) is 3.39. The molecule has 0 saturated carbocycles. The van der Waals surface area contributed by atoms with Crippen LogP contribution in [0.25, 0.3) is 0 Å². The van der Waals surface area contributed by atoms with E-state index in [2.05, 4.69) is 10.4 Å². The first kappa shape index (κ1) is 13.7. The summed E-state index contributed by atoms with van der Waals surface area (Å²) in [5, 5.41) is 7.25. The van der Waals surface area contributed by atoms with Gasteiger partial charge in [-0.05, 0) is 19.9 Å². The Morgan fingerprint density at radius 2 is 2.21 bits per heavy atom. The molecule has 2 rings (SSSR count). The molecule has 2 heterocycles. The number of carbonyl (C=O) groups excluding carboxylic acids is 2. The molecule has 6 nitrogen and oxygen atoms in total. The fourth-order valence-electron chi connectivity index (χ4n) is 2.37. The molecule has 1 aromatic heterocycles. The van der Waals surface area contributed by atoms with Crippen molar-refractivity contribution in [3.8, 4) is 0 Å². The summed E-state index contributed by atoms with van der Waals surface area (Å²) in [6, 6.07) is 1.51. The second kappa shape index (κ2) is 5.52. The Morgan fingerprint density at radius 3 is 2.74 bits per heavy atom. The smallest absolute Gasteiger partial charge is 0.247 e. The van der Waals surface area contributed by atoms with Gasteiger partial charge in [-0.2, -0.15) is 5.10 Å². The number of hydrogen-bond acceptors (Lipinski definition) is 4. The average molecular weight is 264 g/mol. The first-order chi connectivity index (χ1) is 9.00. The van der Waals surface area contributed by atoms with Crippen LogP contribution in [-0.4, -0.2) is 45.1 Å². The van der Waals surface area contributed by atoms with Crippen LogP contribution in [0.1, 0.15) is 26.0 Å². The van der Waals surface area contributed by atoms with Gasteiger partial charge in [0.1, 0.15) is 0 Å². The second-order valence-corrected chi connectivity index (χ2v) is 5.10. The van der Waals surface area contributed by atoms with E-state index in [9.17, 15) is 9.59 Å². The summed E-state index contributed by atoms with van der Waals surface area (Å²) in [6.07, 6.45) is 2.80. The third kappa shape index (κ3) is 2.84. The van der Waals surface area contributed by atoms with Crippen LogP contribution in [0.3, 0.4) is 0 Å². The monoisotopic (exact) mass is 264 g/mol. The molecule has 1 aliphatic rings. The molecule has 19 heavy (non-hydrogen) atoms. The zero-order valence-corrected chi connectivity index (χ0v) is 11.6. The molecule has 1 unspecified atom stereocenters. The molecule has 0 bridgehead atoms. The molecule has 1 aliphatic heterocycles. The van der Waals surface area contributed by atoms with Crippen molar-refractivity contribution in [2.45, 2.75) is 38.8 Å². The van der Waals surface area contributed by atoms with Gasteiger partial charge in [0, 0.05) is 37.9 Å². The maximum absolute atomic E-state index is 12.0. The Balaban J connectivity index is 1.86. The number of nitrogens with one attached hydrogen (secondary N) is 1. The lowest BCUT2D eigenvalue weighted by Crippen LogP contribution is -2.42. The van der Waals surface area contributed by atoms with Crippen molar-refractivity contribution >= 4 is 11.8 Å². The van der Waals surface area contributed by atoms with Crippen molar-refractivity contribution in [3.63, 3.8) is 0 Å². The van der Waals surface area contributed by atoms with E-state index in [0.29, 0.717) is 6.54 Å². The number of rotatable bonds is 5. The predicted octanol–water partition coefficient (Wildman–Crippen LogP) is 0.0881. The summed E-state index contributed by atoms with van der Waals surface area (Å²) in [7, 11) is 1.89. The van der Waals surface area contributed by atoms with Crippen molar-refractivity contribution in [1.29, 1.82) is 0 Å². The predicted molar refractivity (Wildman–Crippen MR) is 70.3 cm³/mol. The second-order valence-electron chi connectivity index (χ2n) is 5.10. The van der Waals surface area contributed by atoms with Crippen molar-refractivity contribution in [3.05, 3.63) is 18.0 Å². The molecular weight excluding hydrogens is 244 g/mol. The Labute approximate surface area is 112 Å². The molecule has 1 fully saturated rings. The van der Waals surface area contributed by atoms with Crippen molar-refractivity contribution in [1.82, 2.24) is 20.0 Å². The zero-order chi connectivity index (χ0) is 14.0. The number of amides is 2. The maximum atomic E-state index is 12.0. The van der Waals surface area contributed by atoms with E-state index < -0.39 is 0 Å². The van der Waals surface area contributed by atoms with Gasteiger partial charge in [0.05, 0.1) is 12.5 Å². The minimum absolute atomic E-state index is 0.0659. The lowest BCUT2D eigenvalue weighted by atomic mass is 10.2. The summed E-state index contributed by atoms with van der Waals surface area (Å²) >= 11 is 0. The fraction of sp³-hybridized carbons (Fsp3) is 0.615. The normalized spacial score (nSPS) is 19.8. The maximum Gasteiger partial charge on any atom is 0.247 e. The van der Waals surface area contributed by atoms with Crippen LogP contribution in [0.15, 0.2) is 12.3 Å². The molecule has 1 atom stereocenters. The average Bonchev–Trinajstić information content (AvgIpc) is 2.84. The number of aromatic nitrogens is 2. The fourth-order valence-corrected chi connectivity index (χ4v) is 2.37. The number of carbonyl (C=O) groups is 2. The Kier molecular flexibility index (Phi) is 3.99. The molecule has 0 aromatic carbocycles. The van der Waals surface area contributed by atoms with E-state index in [1.165, 1.54) is 4.90 Å². The Morgan fingerprint density at radius 1 is 1.47 bits per heavy atom. The third-order valence-corrected chi connectivity index (χ3v) is 3.39. The number of nitrogens with zero attached hydrogens (tertiary/aromatic N) is 3. The number of likely N-dealkylation sites (tertiary alicyclic amines) is 1. The molecule has 0 aliphatic carbocycles. The highest BCUT2D eigenvalue weighted by atomic mass is 16.2. The van der Waals surface area contributed by atoms with Gasteiger partial charge < -0.3 is 5.32 Å². The molecule has 0 spiro atoms. The molecule has 1 aromatic rings. The molecular formula is C13H20N4O2. The van der Waals surface area contributed by atoms with Crippen molar-refractivity contribution < 1.29 is 9.59 Å². The van der Waals surface area contributed by atoms with Gasteiger partial charge in [-0.3, -0.25) is 19.2 Å². The molecule has 6 heteroatoms. The van der Waals surface area contributed by atoms with Crippen LogP contribution in [0, 0.1) is 0 Å². The van der Waals surface area contributed by atoms with Gasteiger partial charge in [0.2, 0.25) is 11.8 Å². The van der Waals surface area contributed by atoms with E-state index in [-0.39, 0.29) is 30.3 Å². The number of imide groups is 1. The topological polar surface area (TPSA) is 67.2 Å². The SMILES string of the molecule is CC(C)N1C(=O)CC(NCCc2ccnn2C)C1=O. The number of hydrogen-bond donors (Lipinski definition) is 1. The summed E-state index contributed by atoms with van der Waals surface area (Å²) in [6.45, 7) is 4.37. The van der Waals surface area contributed by atoms with Crippen molar-refractivity contribution in [2.24, 2.45) is 7.05 Å². The van der Waals surface area contributed by atoms with Crippen LogP contribution < -0.4 is 5.32 Å². The standard InChI is InChI=1S/C13H20N4O2/c1-9(2)17-12(18)8-11(13(17)19)14-6-4-10-5-7-15-16(10)3/h5,7,9,11,14H,4,6,8H2,1-3H3. The van der Waals surface area contributed by atoms with E-state index >= 15 is 0 Å². The van der Waals surface area contributed by atoms with Crippen LogP contribution in [0.4, 0.5) is 0 Å². The van der Waals surface area contributed by atoms with Gasteiger partial charge in [0.15, 0.2) is 0 Å². The van der Waals surface area contributed by atoms with Gasteiger partial charge in [-0.25, -0.2) is 0 Å². The van der Waals surface area contributed by atoms with Crippen LogP contribution >= 0.6 is 0 Å². The van der Waals surface area contributed by atoms with E-state index in [1.54, 1.807) is 6.20 Å². The molecule has 1 N–H and O–H groups in total. The summed E-state index contributed by atoms with van der Waals surface area (Å²) in [4.78, 5) is 25.1. The Bertz CT molecular complexity index is 481. The van der Waals surface area contributed by atoms with Gasteiger partial charge >= 0.3 is 0 Å². The van der Waals surface area contributed by atoms with E-state index in [4.69, 9.17) is 0 Å². The lowest BCUT2D eigenvalue weighted by Gasteiger charge is -2.19. The van der Waals surface area contributed by atoms with Crippen LogP contribution in [0.2, 0.25) is 0 Å². The largest absolute Gasteiger partial charge is 0.305 e. The lowest BCUT2D eigenvalue weighted by molar-refractivity contribution is -0.140. The minimum atomic E-state index is -0.372. The first-order valence-electron chi connectivity index (χ1n) is 6.57. The first-order valence-corrected chi connectivity index (χ1v) is 6.57. The van der Waals surface area contributed by atoms with Gasteiger partial charge in [-0.15, -0.1) is 0 Å². The van der Waals surface area contributed by atoms with Gasteiger partial charge in [-0.1, -0.05) is 0 Å². The van der Waals surface area contributed by atoms with Crippen molar-refractivity contribution in [2.75, 3.05) is 6.54 Å².